The molecule has 0 spiro atoms. The summed E-state index contributed by atoms with van der Waals surface area (Å²) >= 11 is 0. The topological polar surface area (TPSA) is 65.5 Å². The number of nitrogens with zero attached hydrogens (tertiary/aromatic N) is 3. The second-order valence-corrected chi connectivity index (χ2v) is 6.40. The van der Waals surface area contributed by atoms with E-state index in [0.29, 0.717) is 17.9 Å². The van der Waals surface area contributed by atoms with Gasteiger partial charge in [-0.2, -0.15) is 0 Å². The first-order chi connectivity index (χ1) is 12.7. The van der Waals surface area contributed by atoms with Crippen LogP contribution in [0.3, 0.4) is 0 Å². The second kappa shape index (κ2) is 7.00. The van der Waals surface area contributed by atoms with E-state index in [1.807, 2.05) is 35.2 Å². The normalized spacial score (nSPS) is 14.6. The molecule has 0 amide bonds. The van der Waals surface area contributed by atoms with Crippen molar-refractivity contribution in [2.75, 3.05) is 41.3 Å². The van der Waals surface area contributed by atoms with Crippen LogP contribution >= 0.6 is 0 Å². The molecule has 132 valence electrons. The van der Waals surface area contributed by atoms with Crippen molar-refractivity contribution >= 4 is 17.1 Å². The van der Waals surface area contributed by atoms with Crippen molar-refractivity contribution in [3.05, 3.63) is 80.9 Å². The van der Waals surface area contributed by atoms with Crippen LogP contribution in [0.2, 0.25) is 0 Å². The Hall–Kier alpha value is -3.15. The molecular weight excluding hydrogens is 328 g/mol. The van der Waals surface area contributed by atoms with Crippen molar-refractivity contribution in [3.63, 3.8) is 0 Å². The van der Waals surface area contributed by atoms with Crippen LogP contribution < -0.4 is 26.0 Å². The van der Waals surface area contributed by atoms with Crippen LogP contribution in [0.4, 0.5) is 17.1 Å². The van der Waals surface area contributed by atoms with Gasteiger partial charge in [-0.25, -0.2) is 0 Å². The molecule has 0 saturated carbocycles. The van der Waals surface area contributed by atoms with Crippen LogP contribution in [0.25, 0.3) is 0 Å². The van der Waals surface area contributed by atoms with Gasteiger partial charge in [-0.3, -0.25) is 14.6 Å². The zero-order valence-electron chi connectivity index (χ0n) is 14.4. The summed E-state index contributed by atoms with van der Waals surface area (Å²) in [6, 6.07) is 14.0. The SMILES string of the molecule is O=c1c(NCc2ccncc2)c(N2CCN(c3ccccc3)CC2)c1=O. The number of benzene rings is 1. The third-order valence-corrected chi connectivity index (χ3v) is 4.82. The van der Waals surface area contributed by atoms with Gasteiger partial charge in [-0.05, 0) is 29.8 Å². The molecule has 6 heteroatoms. The van der Waals surface area contributed by atoms with E-state index >= 15 is 0 Å². The van der Waals surface area contributed by atoms with Crippen molar-refractivity contribution in [2.45, 2.75) is 6.54 Å². The van der Waals surface area contributed by atoms with E-state index in [0.717, 1.165) is 31.7 Å². The molecule has 1 aromatic heterocycles. The number of nitrogens with one attached hydrogen (secondary N) is 1. The number of piperazine rings is 1. The minimum absolute atomic E-state index is 0.379. The van der Waals surface area contributed by atoms with Gasteiger partial charge in [-0.1, -0.05) is 18.2 Å². The highest BCUT2D eigenvalue weighted by atomic mass is 16.2. The summed E-state index contributed by atoms with van der Waals surface area (Å²) in [7, 11) is 0. The molecule has 0 atom stereocenters. The third-order valence-electron chi connectivity index (χ3n) is 4.82. The lowest BCUT2D eigenvalue weighted by Crippen LogP contribution is -2.51. The smallest absolute Gasteiger partial charge is 0.253 e. The average Bonchev–Trinajstić information content (AvgIpc) is 2.72. The predicted molar refractivity (Wildman–Crippen MR) is 104 cm³/mol. The lowest BCUT2D eigenvalue weighted by molar-refractivity contribution is 0.650. The van der Waals surface area contributed by atoms with Gasteiger partial charge < -0.3 is 15.1 Å². The number of hydrogen-bond donors (Lipinski definition) is 1. The lowest BCUT2D eigenvalue weighted by atomic mass is 10.1. The molecule has 0 bridgehead atoms. The summed E-state index contributed by atoms with van der Waals surface area (Å²) in [6.45, 7) is 3.61. The lowest BCUT2D eigenvalue weighted by Gasteiger charge is -2.38. The Labute approximate surface area is 151 Å². The third kappa shape index (κ3) is 3.06. The van der Waals surface area contributed by atoms with Crippen molar-refractivity contribution in [2.24, 2.45) is 0 Å². The Bertz CT molecular complexity index is 941. The molecule has 26 heavy (non-hydrogen) atoms. The summed E-state index contributed by atoms with van der Waals surface area (Å²) in [5.74, 6) is 0. The molecule has 0 radical (unpaired) electrons. The Kier molecular flexibility index (Phi) is 4.39. The Morgan fingerprint density at radius 1 is 0.846 bits per heavy atom. The predicted octanol–water partition coefficient (Wildman–Crippen LogP) is 1.62. The Morgan fingerprint density at radius 3 is 2.19 bits per heavy atom. The number of para-hydroxylation sites is 1. The summed E-state index contributed by atoms with van der Waals surface area (Å²) in [5, 5.41) is 3.13. The van der Waals surface area contributed by atoms with Gasteiger partial charge in [0.1, 0.15) is 11.4 Å². The zero-order valence-corrected chi connectivity index (χ0v) is 14.4. The van der Waals surface area contributed by atoms with E-state index in [-0.39, 0.29) is 5.43 Å². The van der Waals surface area contributed by atoms with Crippen molar-refractivity contribution < 1.29 is 0 Å². The Balaban J connectivity index is 1.43. The molecule has 1 aliphatic rings. The van der Waals surface area contributed by atoms with Crippen molar-refractivity contribution in [1.29, 1.82) is 0 Å². The minimum Gasteiger partial charge on any atom is -0.376 e. The molecule has 1 fully saturated rings. The van der Waals surface area contributed by atoms with Crippen molar-refractivity contribution in [1.82, 2.24) is 4.98 Å². The van der Waals surface area contributed by atoms with Crippen LogP contribution in [0.15, 0.2) is 64.4 Å². The van der Waals surface area contributed by atoms with E-state index in [1.54, 1.807) is 12.4 Å². The molecule has 3 aromatic rings. The van der Waals surface area contributed by atoms with E-state index in [4.69, 9.17) is 0 Å². The summed E-state index contributed by atoms with van der Waals surface area (Å²) in [6.07, 6.45) is 3.42. The van der Waals surface area contributed by atoms with Gasteiger partial charge >= 0.3 is 0 Å². The van der Waals surface area contributed by atoms with Gasteiger partial charge in [-0.15, -0.1) is 0 Å². The summed E-state index contributed by atoms with van der Waals surface area (Å²) < 4.78 is 0. The molecule has 2 aromatic carbocycles. The number of anilines is 3. The molecule has 6 nitrogen and oxygen atoms in total. The monoisotopic (exact) mass is 348 g/mol. The van der Waals surface area contributed by atoms with Crippen LogP contribution in [-0.2, 0) is 6.54 Å². The van der Waals surface area contributed by atoms with Crippen LogP contribution in [0.1, 0.15) is 5.56 Å². The number of rotatable bonds is 5. The van der Waals surface area contributed by atoms with Gasteiger partial charge in [0.2, 0.25) is 0 Å². The van der Waals surface area contributed by atoms with Crippen LogP contribution in [0, 0.1) is 0 Å². The van der Waals surface area contributed by atoms with Gasteiger partial charge in [0.15, 0.2) is 0 Å². The first-order valence-electron chi connectivity index (χ1n) is 8.75. The minimum atomic E-state index is -0.417. The fourth-order valence-corrected chi connectivity index (χ4v) is 3.36. The molecule has 0 unspecified atom stereocenters. The zero-order chi connectivity index (χ0) is 17.9. The molecule has 1 saturated heterocycles. The van der Waals surface area contributed by atoms with E-state index < -0.39 is 5.43 Å². The quantitative estimate of drug-likeness (QED) is 0.707. The van der Waals surface area contributed by atoms with Gasteiger partial charge in [0.05, 0.1) is 0 Å². The summed E-state index contributed by atoms with van der Waals surface area (Å²) in [4.78, 5) is 32.4. The molecule has 1 N–H and O–H groups in total. The van der Waals surface area contributed by atoms with Gasteiger partial charge in [0, 0.05) is 50.8 Å². The fraction of sp³-hybridized carbons (Fsp3) is 0.250. The van der Waals surface area contributed by atoms with Crippen LogP contribution in [0.5, 0.6) is 0 Å². The largest absolute Gasteiger partial charge is 0.376 e. The highest BCUT2D eigenvalue weighted by molar-refractivity contribution is 5.75. The number of aromatic nitrogens is 1. The first kappa shape index (κ1) is 16.3. The Morgan fingerprint density at radius 2 is 1.50 bits per heavy atom. The van der Waals surface area contributed by atoms with E-state index in [9.17, 15) is 9.59 Å². The van der Waals surface area contributed by atoms with E-state index in [2.05, 4.69) is 27.3 Å². The molecule has 0 aliphatic carbocycles. The average molecular weight is 348 g/mol. The maximum Gasteiger partial charge on any atom is 0.253 e. The first-order valence-corrected chi connectivity index (χ1v) is 8.75. The second-order valence-electron chi connectivity index (χ2n) is 6.40. The van der Waals surface area contributed by atoms with Crippen LogP contribution in [-0.4, -0.2) is 31.2 Å². The summed E-state index contributed by atoms with van der Waals surface area (Å²) in [5.41, 5.74) is 2.40. The number of pyridine rings is 1. The molecule has 2 heterocycles. The highest BCUT2D eigenvalue weighted by Gasteiger charge is 2.28. The van der Waals surface area contributed by atoms with E-state index in [1.165, 1.54) is 5.69 Å². The standard InChI is InChI=1S/C20H20N4O2/c25-19-17(22-14-15-6-8-21-9-7-15)18(20(19)26)24-12-10-23(11-13-24)16-4-2-1-3-5-16/h1-9,22H,10-14H2. The number of hydrogen-bond acceptors (Lipinski definition) is 6. The van der Waals surface area contributed by atoms with Crippen molar-refractivity contribution in [3.8, 4) is 0 Å². The maximum atomic E-state index is 12.1. The highest BCUT2D eigenvalue weighted by Crippen LogP contribution is 2.24. The fourth-order valence-electron chi connectivity index (χ4n) is 3.36. The molecule has 4 rings (SSSR count). The maximum absolute atomic E-state index is 12.1. The van der Waals surface area contributed by atoms with Gasteiger partial charge in [0.25, 0.3) is 10.9 Å². The molecular formula is C20H20N4O2. The molecule has 1 aliphatic heterocycles.